The van der Waals surface area contributed by atoms with Crippen LogP contribution in [-0.2, 0) is 24.4 Å². The first kappa shape index (κ1) is 15.5. The average molecular weight is 480 g/mol. The van der Waals surface area contributed by atoms with Gasteiger partial charge in [-0.15, -0.1) is 0 Å². The van der Waals surface area contributed by atoms with E-state index in [1.165, 1.54) is 46.6 Å². The van der Waals surface area contributed by atoms with Crippen LogP contribution in [0.25, 0.3) is 16.7 Å². The van der Waals surface area contributed by atoms with Crippen LogP contribution >= 0.6 is 0 Å². The van der Waals surface area contributed by atoms with Gasteiger partial charge < -0.3 is 0 Å². The Bertz CT molecular complexity index is 852. The van der Waals surface area contributed by atoms with Gasteiger partial charge in [-0.25, -0.2) is 0 Å². The molecule has 0 saturated carbocycles. The molecule has 2 aliphatic rings. The third-order valence-electron chi connectivity index (χ3n) is 5.04. The van der Waals surface area contributed by atoms with Gasteiger partial charge in [0, 0.05) is 0 Å². The number of allylic oxidation sites excluding steroid dienone is 4. The Kier molecular flexibility index (Phi) is 3.73. The zero-order valence-electron chi connectivity index (χ0n) is 14.0. The molecule has 0 spiro atoms. The minimum absolute atomic E-state index is 0.634. The fraction of sp³-hybridized carbons (Fsp3) is 0.238. The van der Waals surface area contributed by atoms with E-state index < -0.39 is 8.07 Å². The van der Waals surface area contributed by atoms with E-state index in [1.54, 1.807) is 16.3 Å². The molecule has 113 valence electrons. The maximum atomic E-state index is 2.50. The predicted molar refractivity (Wildman–Crippen MR) is 97.7 cm³/mol. The Morgan fingerprint density at radius 2 is 1.61 bits per heavy atom. The third kappa shape index (κ3) is 2.51. The average Bonchev–Trinajstić information content (AvgIpc) is 3.12. The summed E-state index contributed by atoms with van der Waals surface area (Å²) in [6, 6.07) is 15.9. The zero-order chi connectivity index (χ0) is 16.2. The molecule has 0 bridgehead atoms. The molecule has 1 unspecified atom stereocenters. The monoisotopic (exact) mass is 481 g/mol. The first-order valence-corrected chi connectivity index (χ1v) is 13.9. The summed E-state index contributed by atoms with van der Waals surface area (Å²) in [7, 11) is -1.21. The Hall–Kier alpha value is -0.993. The standard InChI is InChI=1S/C21H21Si.Hf/c1-22(2,3)17-12-11-16(13-17)19-9-6-10-20-18-8-5-4-7-15(18)14-21(19)20;/h4-10,12-14H,11H2,1-3H3;. The van der Waals surface area contributed by atoms with Gasteiger partial charge in [0.05, 0.1) is 0 Å². The fourth-order valence-corrected chi connectivity index (χ4v) is 7.12. The first-order chi connectivity index (χ1) is 11.0. The van der Waals surface area contributed by atoms with Crippen LogP contribution in [0, 0.1) is 0 Å². The normalized spacial score (nSPS) is 19.1. The zero-order valence-corrected chi connectivity index (χ0v) is 18.6. The van der Waals surface area contributed by atoms with Gasteiger partial charge in [-0.1, -0.05) is 0 Å². The van der Waals surface area contributed by atoms with Gasteiger partial charge in [0.2, 0.25) is 0 Å². The van der Waals surface area contributed by atoms with E-state index in [-0.39, 0.29) is 0 Å². The van der Waals surface area contributed by atoms with Crippen LogP contribution in [0.15, 0.2) is 59.8 Å². The molecule has 23 heavy (non-hydrogen) atoms. The molecule has 0 saturated heterocycles. The molecule has 0 aliphatic heterocycles. The Balaban J connectivity index is 1.84. The van der Waals surface area contributed by atoms with E-state index in [1.807, 2.05) is 0 Å². The van der Waals surface area contributed by atoms with E-state index in [9.17, 15) is 0 Å². The Labute approximate surface area is 154 Å². The summed E-state index contributed by atoms with van der Waals surface area (Å²) in [5.41, 5.74) is 9.10. The molecule has 0 radical (unpaired) electrons. The van der Waals surface area contributed by atoms with Crippen LogP contribution < -0.4 is 0 Å². The molecule has 4 rings (SSSR count). The van der Waals surface area contributed by atoms with Gasteiger partial charge >= 0.3 is 155 Å². The van der Waals surface area contributed by atoms with E-state index in [0.29, 0.717) is 3.67 Å². The summed E-state index contributed by atoms with van der Waals surface area (Å²) in [6.07, 6.45) is 6.09. The number of rotatable bonds is 2. The van der Waals surface area contributed by atoms with Crippen molar-refractivity contribution < 1.29 is 24.4 Å². The van der Waals surface area contributed by atoms with Gasteiger partial charge in [0.15, 0.2) is 0 Å². The molecule has 0 fully saturated rings. The summed E-state index contributed by atoms with van der Waals surface area (Å²) >= 11 is 1.18. The van der Waals surface area contributed by atoms with Crippen LogP contribution in [0.1, 0.15) is 26.8 Å². The van der Waals surface area contributed by atoms with Crippen molar-refractivity contribution in [3.05, 3.63) is 76.5 Å². The molecule has 0 amide bonds. The van der Waals surface area contributed by atoms with Crippen LogP contribution in [0.5, 0.6) is 0 Å². The molecule has 0 aromatic heterocycles. The summed E-state index contributed by atoms with van der Waals surface area (Å²) in [5.74, 6) is 0. The van der Waals surface area contributed by atoms with Crippen molar-refractivity contribution in [3.63, 3.8) is 0 Å². The third-order valence-corrected chi connectivity index (χ3v) is 9.28. The second-order valence-electron chi connectivity index (χ2n) is 7.57. The van der Waals surface area contributed by atoms with Crippen molar-refractivity contribution >= 4 is 13.6 Å². The number of fused-ring (bicyclic) bond motifs is 3. The van der Waals surface area contributed by atoms with Crippen LogP contribution in [0.2, 0.25) is 19.6 Å². The number of hydrogen-bond donors (Lipinski definition) is 0. The molecular weight excluding hydrogens is 459 g/mol. The SMILES string of the molecule is C[Si](C)(C)C1=CCC(c2cccc3c2[CH]([Hf])c2ccccc2-3)=C1. The fourth-order valence-electron chi connectivity index (χ4n) is 3.78. The van der Waals surface area contributed by atoms with Gasteiger partial charge in [-0.05, 0) is 0 Å². The van der Waals surface area contributed by atoms with Gasteiger partial charge in [0.1, 0.15) is 0 Å². The molecule has 0 N–H and O–H groups in total. The van der Waals surface area contributed by atoms with E-state index in [4.69, 9.17) is 0 Å². The van der Waals surface area contributed by atoms with E-state index in [2.05, 4.69) is 74.3 Å². The molecular formula is C21H21HfSi. The van der Waals surface area contributed by atoms with Crippen LogP contribution in [-0.4, -0.2) is 8.07 Å². The van der Waals surface area contributed by atoms with Gasteiger partial charge in [0.25, 0.3) is 0 Å². The molecule has 1 atom stereocenters. The second kappa shape index (κ2) is 5.53. The summed E-state index contributed by atoms with van der Waals surface area (Å²) in [4.78, 5) is 0. The van der Waals surface area contributed by atoms with Crippen molar-refractivity contribution in [1.82, 2.24) is 0 Å². The quantitative estimate of drug-likeness (QED) is 0.471. The molecule has 0 heterocycles. The number of benzene rings is 2. The molecule has 2 aliphatic carbocycles. The topological polar surface area (TPSA) is 0 Å². The second-order valence-corrected chi connectivity index (χ2v) is 14.7. The van der Waals surface area contributed by atoms with E-state index in [0.717, 1.165) is 6.42 Å². The Morgan fingerprint density at radius 1 is 0.913 bits per heavy atom. The van der Waals surface area contributed by atoms with Crippen LogP contribution in [0.3, 0.4) is 0 Å². The number of hydrogen-bond acceptors (Lipinski definition) is 0. The van der Waals surface area contributed by atoms with Crippen LogP contribution in [0.4, 0.5) is 0 Å². The van der Waals surface area contributed by atoms with E-state index >= 15 is 0 Å². The van der Waals surface area contributed by atoms with Crippen molar-refractivity contribution in [2.45, 2.75) is 29.7 Å². The molecule has 2 heteroatoms. The summed E-state index contributed by atoms with van der Waals surface area (Å²) in [6.45, 7) is 7.33. The van der Waals surface area contributed by atoms with Crippen molar-refractivity contribution in [1.29, 1.82) is 0 Å². The maximum absolute atomic E-state index is 2.50. The molecule has 2 aromatic carbocycles. The van der Waals surface area contributed by atoms with Crippen molar-refractivity contribution in [3.8, 4) is 11.1 Å². The summed E-state index contributed by atoms with van der Waals surface area (Å²) in [5, 5.41) is 1.62. The van der Waals surface area contributed by atoms with Crippen molar-refractivity contribution in [2.75, 3.05) is 0 Å². The minimum atomic E-state index is -1.21. The molecule has 2 aromatic rings. The van der Waals surface area contributed by atoms with Gasteiger partial charge in [-0.2, -0.15) is 0 Å². The molecule has 0 nitrogen and oxygen atoms in total. The first-order valence-electron chi connectivity index (χ1n) is 8.32. The van der Waals surface area contributed by atoms with Crippen molar-refractivity contribution in [2.24, 2.45) is 0 Å². The Morgan fingerprint density at radius 3 is 2.35 bits per heavy atom. The summed E-state index contributed by atoms with van der Waals surface area (Å²) < 4.78 is 0.634. The van der Waals surface area contributed by atoms with Gasteiger partial charge in [-0.3, -0.25) is 0 Å². The predicted octanol–water partition coefficient (Wildman–Crippen LogP) is 5.89.